The summed E-state index contributed by atoms with van der Waals surface area (Å²) in [5.74, 6) is -0.537. The number of halogens is 3. The molecule has 0 aromatic heterocycles. The standard InChI is InChI=1S/C14H11BrCl2N2O/c15-9-5-1-2-7-11(9)19-13(14(18)20)8-4-3-6-10(16)12(8)17/h1-7,13,19H,(H2,18,20). The molecule has 3 nitrogen and oxygen atoms in total. The Morgan fingerprint density at radius 3 is 2.50 bits per heavy atom. The Labute approximate surface area is 135 Å². The first-order valence-corrected chi connectivity index (χ1v) is 7.30. The van der Waals surface area contributed by atoms with Gasteiger partial charge >= 0.3 is 0 Å². The van der Waals surface area contributed by atoms with Crippen LogP contribution in [0, 0.1) is 0 Å². The van der Waals surface area contributed by atoms with Gasteiger partial charge in [0.2, 0.25) is 5.91 Å². The number of amides is 1. The molecule has 0 saturated heterocycles. The summed E-state index contributed by atoms with van der Waals surface area (Å²) in [4.78, 5) is 11.7. The number of rotatable bonds is 4. The van der Waals surface area contributed by atoms with Gasteiger partial charge in [-0.05, 0) is 34.1 Å². The van der Waals surface area contributed by atoms with Crippen molar-refractivity contribution in [3.63, 3.8) is 0 Å². The first kappa shape index (κ1) is 15.2. The number of anilines is 1. The predicted molar refractivity (Wildman–Crippen MR) is 86.2 cm³/mol. The van der Waals surface area contributed by atoms with E-state index in [-0.39, 0.29) is 0 Å². The van der Waals surface area contributed by atoms with E-state index < -0.39 is 11.9 Å². The molecule has 0 heterocycles. The SMILES string of the molecule is NC(=O)C(Nc1ccccc1Br)c1cccc(Cl)c1Cl. The Morgan fingerprint density at radius 2 is 1.85 bits per heavy atom. The average molecular weight is 374 g/mol. The number of nitrogens with two attached hydrogens (primary N) is 1. The molecule has 6 heteroatoms. The normalized spacial score (nSPS) is 11.9. The van der Waals surface area contributed by atoms with E-state index in [9.17, 15) is 4.79 Å². The van der Waals surface area contributed by atoms with E-state index >= 15 is 0 Å². The molecule has 1 atom stereocenters. The van der Waals surface area contributed by atoms with Gasteiger partial charge in [-0.25, -0.2) is 0 Å². The van der Waals surface area contributed by atoms with Gasteiger partial charge in [-0.3, -0.25) is 4.79 Å². The van der Waals surface area contributed by atoms with Crippen LogP contribution in [0.3, 0.4) is 0 Å². The number of primary amides is 1. The smallest absolute Gasteiger partial charge is 0.244 e. The Balaban J connectivity index is 2.40. The summed E-state index contributed by atoms with van der Waals surface area (Å²) in [6.07, 6.45) is 0. The fraction of sp³-hybridized carbons (Fsp3) is 0.0714. The van der Waals surface area contributed by atoms with Crippen LogP contribution < -0.4 is 11.1 Å². The van der Waals surface area contributed by atoms with E-state index in [0.29, 0.717) is 15.6 Å². The summed E-state index contributed by atoms with van der Waals surface area (Å²) in [5.41, 5.74) is 6.75. The summed E-state index contributed by atoms with van der Waals surface area (Å²) in [6, 6.07) is 11.8. The minimum atomic E-state index is -0.764. The van der Waals surface area contributed by atoms with Gasteiger partial charge in [-0.2, -0.15) is 0 Å². The van der Waals surface area contributed by atoms with Gasteiger partial charge in [0.25, 0.3) is 0 Å². The summed E-state index contributed by atoms with van der Waals surface area (Å²) in [6.45, 7) is 0. The van der Waals surface area contributed by atoms with Crippen molar-refractivity contribution in [2.45, 2.75) is 6.04 Å². The van der Waals surface area contributed by atoms with Crippen molar-refractivity contribution in [3.8, 4) is 0 Å². The summed E-state index contributed by atoms with van der Waals surface area (Å²) < 4.78 is 0.824. The predicted octanol–water partition coefficient (Wildman–Crippen LogP) is 4.39. The van der Waals surface area contributed by atoms with E-state index in [0.717, 1.165) is 10.2 Å². The van der Waals surface area contributed by atoms with E-state index in [2.05, 4.69) is 21.2 Å². The summed E-state index contributed by atoms with van der Waals surface area (Å²) in [5, 5.41) is 3.76. The van der Waals surface area contributed by atoms with Crippen molar-refractivity contribution in [2.75, 3.05) is 5.32 Å². The van der Waals surface area contributed by atoms with Crippen LogP contribution in [0.2, 0.25) is 10.0 Å². The largest absolute Gasteiger partial charge is 0.369 e. The highest BCUT2D eigenvalue weighted by atomic mass is 79.9. The zero-order chi connectivity index (χ0) is 14.7. The van der Waals surface area contributed by atoms with Crippen LogP contribution in [0.5, 0.6) is 0 Å². The van der Waals surface area contributed by atoms with Crippen LogP contribution in [0.15, 0.2) is 46.9 Å². The van der Waals surface area contributed by atoms with Crippen molar-refractivity contribution in [1.82, 2.24) is 0 Å². The molecule has 20 heavy (non-hydrogen) atoms. The quantitative estimate of drug-likeness (QED) is 0.834. The van der Waals surface area contributed by atoms with Crippen molar-refractivity contribution < 1.29 is 4.79 Å². The lowest BCUT2D eigenvalue weighted by molar-refractivity contribution is -0.118. The molecule has 1 unspecified atom stereocenters. The van der Waals surface area contributed by atoms with Crippen molar-refractivity contribution in [3.05, 3.63) is 62.5 Å². The molecule has 0 bridgehead atoms. The van der Waals surface area contributed by atoms with Gasteiger partial charge in [0.05, 0.1) is 10.0 Å². The molecule has 0 fully saturated rings. The number of nitrogens with one attached hydrogen (secondary N) is 1. The molecular weight excluding hydrogens is 363 g/mol. The molecule has 1 amide bonds. The van der Waals surface area contributed by atoms with Crippen LogP contribution in [0.1, 0.15) is 11.6 Å². The minimum absolute atomic E-state index is 0.317. The molecule has 0 radical (unpaired) electrons. The molecule has 0 aliphatic rings. The van der Waals surface area contributed by atoms with E-state index in [1.54, 1.807) is 18.2 Å². The molecule has 0 spiro atoms. The summed E-state index contributed by atoms with van der Waals surface area (Å²) in [7, 11) is 0. The highest BCUT2D eigenvalue weighted by molar-refractivity contribution is 9.10. The first-order chi connectivity index (χ1) is 9.50. The fourth-order valence-corrected chi connectivity index (χ4v) is 2.60. The van der Waals surface area contributed by atoms with Crippen molar-refractivity contribution in [2.24, 2.45) is 5.73 Å². The second-order valence-corrected chi connectivity index (χ2v) is 5.74. The molecule has 2 rings (SSSR count). The third kappa shape index (κ3) is 3.26. The first-order valence-electron chi connectivity index (χ1n) is 5.75. The molecule has 104 valence electrons. The fourth-order valence-electron chi connectivity index (χ4n) is 1.78. The Morgan fingerprint density at radius 1 is 1.15 bits per heavy atom. The number of benzene rings is 2. The Kier molecular flexibility index (Phi) is 4.91. The second kappa shape index (κ2) is 6.48. The van der Waals surface area contributed by atoms with Crippen molar-refractivity contribution in [1.29, 1.82) is 0 Å². The van der Waals surface area contributed by atoms with Crippen LogP contribution in [-0.2, 0) is 4.79 Å². The van der Waals surface area contributed by atoms with Gasteiger partial charge in [-0.15, -0.1) is 0 Å². The highest BCUT2D eigenvalue weighted by Gasteiger charge is 2.22. The third-order valence-corrected chi connectivity index (χ3v) is 4.28. The van der Waals surface area contributed by atoms with Gasteiger partial charge in [-0.1, -0.05) is 47.5 Å². The van der Waals surface area contributed by atoms with Crippen LogP contribution in [0.25, 0.3) is 0 Å². The maximum Gasteiger partial charge on any atom is 0.244 e. The molecular formula is C14H11BrCl2N2O. The number of hydrogen-bond acceptors (Lipinski definition) is 2. The van der Waals surface area contributed by atoms with E-state index in [1.165, 1.54) is 0 Å². The maximum atomic E-state index is 11.7. The molecule has 3 N–H and O–H groups in total. The lowest BCUT2D eigenvalue weighted by Gasteiger charge is -2.19. The molecule has 0 aliphatic heterocycles. The Bertz CT molecular complexity index is 649. The van der Waals surface area contributed by atoms with Crippen LogP contribution in [0.4, 0.5) is 5.69 Å². The third-order valence-electron chi connectivity index (χ3n) is 2.75. The van der Waals surface area contributed by atoms with Crippen molar-refractivity contribution >= 4 is 50.7 Å². The lowest BCUT2D eigenvalue weighted by atomic mass is 10.1. The lowest BCUT2D eigenvalue weighted by Crippen LogP contribution is -2.28. The Hall–Kier alpha value is -1.23. The van der Waals surface area contributed by atoms with Gasteiger partial charge < -0.3 is 11.1 Å². The summed E-state index contributed by atoms with van der Waals surface area (Å²) >= 11 is 15.5. The zero-order valence-electron chi connectivity index (χ0n) is 10.2. The van der Waals surface area contributed by atoms with E-state index in [4.69, 9.17) is 28.9 Å². The number of carbonyl (C=O) groups excluding carboxylic acids is 1. The van der Waals surface area contributed by atoms with Gasteiger partial charge in [0.15, 0.2) is 0 Å². The molecule has 2 aromatic rings. The minimum Gasteiger partial charge on any atom is -0.369 e. The monoisotopic (exact) mass is 372 g/mol. The average Bonchev–Trinajstić information content (AvgIpc) is 2.41. The number of para-hydroxylation sites is 1. The second-order valence-electron chi connectivity index (χ2n) is 4.10. The van der Waals surface area contributed by atoms with E-state index in [1.807, 2.05) is 24.3 Å². The van der Waals surface area contributed by atoms with Crippen LogP contribution in [-0.4, -0.2) is 5.91 Å². The number of hydrogen-bond donors (Lipinski definition) is 2. The number of carbonyl (C=O) groups is 1. The molecule has 0 saturated carbocycles. The topological polar surface area (TPSA) is 55.1 Å². The molecule has 0 aliphatic carbocycles. The maximum absolute atomic E-state index is 11.7. The molecule has 2 aromatic carbocycles. The van der Waals surface area contributed by atoms with Gasteiger partial charge in [0, 0.05) is 15.7 Å². The van der Waals surface area contributed by atoms with Crippen LogP contribution >= 0.6 is 39.1 Å². The zero-order valence-corrected chi connectivity index (χ0v) is 13.3. The van der Waals surface area contributed by atoms with Gasteiger partial charge in [0.1, 0.15) is 6.04 Å². The highest BCUT2D eigenvalue weighted by Crippen LogP contribution is 2.33.